The zero-order valence-electron chi connectivity index (χ0n) is 19.7. The summed E-state index contributed by atoms with van der Waals surface area (Å²) in [6.07, 6.45) is 1.39. The lowest BCUT2D eigenvalue weighted by atomic mass is 9.95. The molecular formula is C28H27FN2O4. The molecule has 0 unspecified atom stereocenters. The molecule has 0 saturated carbocycles. The first kappa shape index (κ1) is 22.9. The minimum atomic E-state index is -0.353. The van der Waals surface area contributed by atoms with Gasteiger partial charge in [0.1, 0.15) is 23.3 Å². The predicted octanol–water partition coefficient (Wildman–Crippen LogP) is 5.37. The molecule has 1 aliphatic heterocycles. The monoisotopic (exact) mass is 474 g/mol. The minimum absolute atomic E-state index is 0.108. The Morgan fingerprint density at radius 2 is 1.94 bits per heavy atom. The summed E-state index contributed by atoms with van der Waals surface area (Å²) in [7, 11) is 1.99. The molecule has 180 valence electrons. The van der Waals surface area contributed by atoms with Crippen LogP contribution in [0.1, 0.15) is 29.7 Å². The second-order valence-electron chi connectivity index (χ2n) is 8.62. The van der Waals surface area contributed by atoms with Crippen LogP contribution in [0.4, 0.5) is 10.1 Å². The van der Waals surface area contributed by atoms with E-state index >= 15 is 4.39 Å². The van der Waals surface area contributed by atoms with Crippen molar-refractivity contribution in [3.05, 3.63) is 83.4 Å². The molecule has 2 heterocycles. The summed E-state index contributed by atoms with van der Waals surface area (Å²) >= 11 is 0. The number of rotatable bonds is 6. The number of carbonyl (C=O) groups is 1. The first-order valence-corrected chi connectivity index (χ1v) is 11.6. The molecule has 0 saturated heterocycles. The molecule has 0 aliphatic carbocycles. The van der Waals surface area contributed by atoms with Crippen molar-refractivity contribution < 1.29 is 23.1 Å². The zero-order chi connectivity index (χ0) is 24.5. The van der Waals surface area contributed by atoms with E-state index in [4.69, 9.17) is 19.6 Å². The second kappa shape index (κ2) is 9.43. The van der Waals surface area contributed by atoms with Gasteiger partial charge in [-0.2, -0.15) is 0 Å². The smallest absolute Gasteiger partial charge is 0.310 e. The lowest BCUT2D eigenvalue weighted by Gasteiger charge is -2.35. The highest BCUT2D eigenvalue weighted by atomic mass is 19.1. The van der Waals surface area contributed by atoms with Crippen LogP contribution < -0.4 is 15.4 Å². The number of likely N-dealkylation sites (N-methyl/N-ethyl adjacent to an activating group) is 1. The van der Waals surface area contributed by atoms with Crippen molar-refractivity contribution in [2.24, 2.45) is 5.73 Å². The quantitative estimate of drug-likeness (QED) is 0.379. The van der Waals surface area contributed by atoms with Crippen molar-refractivity contribution in [2.75, 3.05) is 25.1 Å². The highest BCUT2D eigenvalue weighted by Gasteiger charge is 2.29. The maximum absolute atomic E-state index is 15.3. The fourth-order valence-electron chi connectivity index (χ4n) is 4.65. The highest BCUT2D eigenvalue weighted by Crippen LogP contribution is 2.42. The average Bonchev–Trinajstić information content (AvgIpc) is 3.33. The molecular weight excluding hydrogens is 447 g/mol. The van der Waals surface area contributed by atoms with Crippen LogP contribution in [0.2, 0.25) is 0 Å². The minimum Gasteiger partial charge on any atom is -0.481 e. The fraction of sp³-hybridized carbons (Fsp3) is 0.250. The number of esters is 1. The van der Waals surface area contributed by atoms with Crippen molar-refractivity contribution in [3.63, 3.8) is 0 Å². The van der Waals surface area contributed by atoms with E-state index in [0.717, 1.165) is 22.2 Å². The van der Waals surface area contributed by atoms with Gasteiger partial charge in [-0.15, -0.1) is 0 Å². The van der Waals surface area contributed by atoms with Crippen LogP contribution in [0, 0.1) is 5.82 Å². The number of para-hydroxylation sites is 1. The Balaban J connectivity index is 1.57. The van der Waals surface area contributed by atoms with Crippen molar-refractivity contribution >= 4 is 22.6 Å². The number of benzene rings is 3. The summed E-state index contributed by atoms with van der Waals surface area (Å²) in [4.78, 5) is 14.3. The van der Waals surface area contributed by atoms with Gasteiger partial charge in [0, 0.05) is 41.2 Å². The third kappa shape index (κ3) is 4.23. The Morgan fingerprint density at radius 1 is 1.14 bits per heavy atom. The van der Waals surface area contributed by atoms with Gasteiger partial charge in [-0.1, -0.05) is 30.3 Å². The van der Waals surface area contributed by atoms with Gasteiger partial charge in [0.25, 0.3) is 0 Å². The maximum Gasteiger partial charge on any atom is 0.310 e. The van der Waals surface area contributed by atoms with Crippen molar-refractivity contribution in [3.8, 4) is 16.9 Å². The average molecular weight is 475 g/mol. The maximum atomic E-state index is 15.3. The second-order valence-corrected chi connectivity index (χ2v) is 8.62. The van der Waals surface area contributed by atoms with E-state index in [9.17, 15) is 4.79 Å². The molecule has 2 N–H and O–H groups in total. The molecule has 4 aromatic rings. The Labute approximate surface area is 203 Å². The van der Waals surface area contributed by atoms with Crippen LogP contribution in [0.15, 0.2) is 65.3 Å². The third-order valence-corrected chi connectivity index (χ3v) is 6.36. The van der Waals surface area contributed by atoms with E-state index < -0.39 is 0 Å². The number of hydrogen-bond donors (Lipinski definition) is 1. The van der Waals surface area contributed by atoms with Gasteiger partial charge in [0.05, 0.1) is 31.5 Å². The number of fused-ring (bicyclic) bond motifs is 2. The molecule has 1 atom stereocenters. The lowest BCUT2D eigenvalue weighted by Crippen LogP contribution is -2.32. The van der Waals surface area contributed by atoms with Gasteiger partial charge in [-0.05, 0) is 36.8 Å². The molecule has 5 rings (SSSR count). The Morgan fingerprint density at radius 3 is 2.74 bits per heavy atom. The van der Waals surface area contributed by atoms with Crippen molar-refractivity contribution in [2.45, 2.75) is 26.0 Å². The number of nitrogens with two attached hydrogens (primary N) is 1. The summed E-state index contributed by atoms with van der Waals surface area (Å²) in [5.74, 6) is 0.00434. The van der Waals surface area contributed by atoms with Gasteiger partial charge in [0.15, 0.2) is 0 Å². The van der Waals surface area contributed by atoms with E-state index in [0.29, 0.717) is 41.2 Å². The van der Waals surface area contributed by atoms with Crippen LogP contribution in [0.25, 0.3) is 22.1 Å². The summed E-state index contributed by atoms with van der Waals surface area (Å²) < 4.78 is 32.6. The number of carbonyl (C=O) groups excluding carboxylic acids is 1. The molecule has 7 heteroatoms. The molecule has 0 radical (unpaired) electrons. The first-order valence-electron chi connectivity index (χ1n) is 11.6. The molecule has 6 nitrogen and oxygen atoms in total. The molecule has 0 fully saturated rings. The van der Waals surface area contributed by atoms with E-state index in [1.807, 2.05) is 43.4 Å². The number of anilines is 1. The van der Waals surface area contributed by atoms with Crippen molar-refractivity contribution in [1.82, 2.24) is 0 Å². The van der Waals surface area contributed by atoms with E-state index in [-0.39, 0.29) is 30.9 Å². The molecule has 35 heavy (non-hydrogen) atoms. The normalized spacial score (nSPS) is 15.1. The molecule has 3 aromatic carbocycles. The number of ether oxygens (including phenoxy) is 2. The van der Waals surface area contributed by atoms with Gasteiger partial charge in [-0.25, -0.2) is 4.39 Å². The van der Waals surface area contributed by atoms with E-state index in [1.54, 1.807) is 31.4 Å². The molecule has 0 bridgehead atoms. The topological polar surface area (TPSA) is 77.9 Å². The summed E-state index contributed by atoms with van der Waals surface area (Å²) in [6.45, 7) is 2.81. The molecule has 0 spiro atoms. The van der Waals surface area contributed by atoms with Crippen molar-refractivity contribution in [1.29, 1.82) is 0 Å². The largest absolute Gasteiger partial charge is 0.481 e. The van der Waals surface area contributed by atoms with Gasteiger partial charge in [0.2, 0.25) is 0 Å². The summed E-state index contributed by atoms with van der Waals surface area (Å²) in [5.41, 5.74) is 10.4. The Kier molecular flexibility index (Phi) is 6.17. The van der Waals surface area contributed by atoms with Gasteiger partial charge in [-0.3, -0.25) is 4.79 Å². The molecule has 1 aliphatic rings. The fourth-order valence-corrected chi connectivity index (χ4v) is 4.65. The lowest BCUT2D eigenvalue weighted by molar-refractivity contribution is -0.142. The predicted molar refractivity (Wildman–Crippen MR) is 133 cm³/mol. The number of halogens is 1. The standard InChI is InChI=1S/C28H27FN2O4/c1-3-33-25(32)14-17-6-5-9-23-28(17)35-24(16-31(23)2)20-12-18-10-11-34-27(18)22(13-20)21-8-4-7-19(15-30)26(21)29/h4-13,24H,3,14-16,30H2,1-2H3/t24-/m1/s1. The van der Waals surface area contributed by atoms with Crippen LogP contribution in [-0.2, 0) is 22.5 Å². The van der Waals surface area contributed by atoms with Crippen LogP contribution in [-0.4, -0.2) is 26.2 Å². The SMILES string of the molecule is CCOC(=O)Cc1cccc2c1O[C@@H](c1cc(-c3cccc(CN)c3F)c3occc3c1)CN2C. The molecule has 1 aromatic heterocycles. The Hall–Kier alpha value is -3.84. The highest BCUT2D eigenvalue weighted by molar-refractivity contribution is 5.93. The first-order chi connectivity index (χ1) is 17.0. The summed E-state index contributed by atoms with van der Waals surface area (Å²) in [5, 5.41) is 0.854. The van der Waals surface area contributed by atoms with Gasteiger partial charge < -0.3 is 24.5 Å². The number of hydrogen-bond acceptors (Lipinski definition) is 6. The third-order valence-electron chi connectivity index (χ3n) is 6.36. The van der Waals surface area contributed by atoms with Crippen LogP contribution in [0.3, 0.4) is 0 Å². The number of furan rings is 1. The van der Waals surface area contributed by atoms with Crippen LogP contribution in [0.5, 0.6) is 5.75 Å². The summed E-state index contributed by atoms with van der Waals surface area (Å²) in [6, 6.07) is 16.8. The number of nitrogens with zero attached hydrogens (tertiary/aromatic N) is 1. The van der Waals surface area contributed by atoms with E-state index in [2.05, 4.69) is 4.90 Å². The Bertz CT molecular complexity index is 1400. The van der Waals surface area contributed by atoms with Crippen LogP contribution >= 0.6 is 0 Å². The van der Waals surface area contributed by atoms with Gasteiger partial charge >= 0.3 is 5.97 Å². The molecule has 0 amide bonds. The zero-order valence-corrected chi connectivity index (χ0v) is 19.7. The van der Waals surface area contributed by atoms with E-state index in [1.165, 1.54) is 0 Å².